The molecule has 0 amide bonds. The number of esters is 3. The third-order valence-corrected chi connectivity index (χ3v) is 11.8. The van der Waals surface area contributed by atoms with E-state index in [1.807, 2.05) is 6.92 Å². The minimum Gasteiger partial charge on any atom is -0.426 e. The first-order valence-electron chi connectivity index (χ1n) is 19.5. The molecule has 9 nitrogen and oxygen atoms in total. The number of ether oxygens (including phenoxy) is 3. The maximum Gasteiger partial charge on any atom is 0.311 e. The molecule has 0 bridgehead atoms. The van der Waals surface area contributed by atoms with E-state index in [4.69, 9.17) is 31.4 Å². The van der Waals surface area contributed by atoms with Crippen LogP contribution in [0.3, 0.4) is 0 Å². The van der Waals surface area contributed by atoms with Gasteiger partial charge in [-0.2, -0.15) is 0 Å². The molecular weight excluding hydrogens is 642 g/mol. The molecule has 0 spiro atoms. The van der Waals surface area contributed by atoms with Crippen LogP contribution >= 0.6 is 0 Å². The van der Waals surface area contributed by atoms with Crippen LogP contribution in [0, 0.1) is 28.6 Å². The van der Waals surface area contributed by atoms with Crippen molar-refractivity contribution in [2.75, 3.05) is 19.6 Å². The average Bonchev–Trinajstić information content (AvgIpc) is 3.08. The number of carbonyl (C=O) groups excluding carboxylic acids is 3. The van der Waals surface area contributed by atoms with Crippen LogP contribution < -0.4 is 31.4 Å². The van der Waals surface area contributed by atoms with E-state index < -0.39 is 17.9 Å². The second-order valence-electron chi connectivity index (χ2n) is 16.6. The molecular formula is C42H65N3O6. The van der Waals surface area contributed by atoms with Gasteiger partial charge in [-0.1, -0.05) is 76.2 Å². The lowest BCUT2D eigenvalue weighted by molar-refractivity contribution is -0.138. The highest BCUT2D eigenvalue weighted by Crippen LogP contribution is 2.49. The molecule has 6 N–H and O–H groups in total. The van der Waals surface area contributed by atoms with Crippen LogP contribution in [0.25, 0.3) is 0 Å². The molecule has 2 saturated carbocycles. The molecule has 1 aromatic rings. The number of carbonyl (C=O) groups is 3. The third kappa shape index (κ3) is 11.2. The number of nitrogens with two attached hydrogens (primary N) is 3. The van der Waals surface area contributed by atoms with E-state index in [9.17, 15) is 14.4 Å². The van der Waals surface area contributed by atoms with Crippen LogP contribution in [0.1, 0.15) is 142 Å². The molecule has 3 atom stereocenters. The molecule has 0 unspecified atom stereocenters. The van der Waals surface area contributed by atoms with Crippen LogP contribution in [0.15, 0.2) is 35.9 Å². The van der Waals surface area contributed by atoms with Gasteiger partial charge >= 0.3 is 17.9 Å². The van der Waals surface area contributed by atoms with E-state index >= 15 is 0 Å². The molecule has 9 heteroatoms. The monoisotopic (exact) mass is 707 g/mol. The average molecular weight is 708 g/mol. The van der Waals surface area contributed by atoms with Gasteiger partial charge in [0.25, 0.3) is 0 Å². The maximum absolute atomic E-state index is 13.9. The Balaban J connectivity index is 1.80. The van der Waals surface area contributed by atoms with Gasteiger partial charge in [-0.05, 0) is 107 Å². The first-order chi connectivity index (χ1) is 24.3. The van der Waals surface area contributed by atoms with Crippen molar-refractivity contribution in [1.29, 1.82) is 0 Å². The van der Waals surface area contributed by atoms with Gasteiger partial charge in [0.05, 0.1) is 12.8 Å². The SMILES string of the molecule is C=C(C)[C@@H]1CCC(C)=C[C@H]1c1c(OC(=O)CC2(CN)CCCCC2)cc(OC(=O)C[C@@H](CN)CC(C)C)cc1OC(=O)CC1(CN)CCCCC1. The van der Waals surface area contributed by atoms with Crippen molar-refractivity contribution >= 4 is 17.9 Å². The summed E-state index contributed by atoms with van der Waals surface area (Å²) in [6.45, 7) is 13.8. The molecule has 0 aliphatic heterocycles. The van der Waals surface area contributed by atoms with E-state index in [-0.39, 0.29) is 65.1 Å². The third-order valence-electron chi connectivity index (χ3n) is 11.8. The fourth-order valence-electron chi connectivity index (χ4n) is 8.82. The Bertz CT molecular complexity index is 1340. The lowest BCUT2D eigenvalue weighted by Gasteiger charge is -2.36. The van der Waals surface area contributed by atoms with E-state index in [1.54, 1.807) is 12.1 Å². The molecule has 3 aliphatic rings. The summed E-state index contributed by atoms with van der Waals surface area (Å²) in [6, 6.07) is 3.21. The number of allylic oxidation sites excluding steroid dienone is 3. The molecule has 0 heterocycles. The van der Waals surface area contributed by atoms with E-state index in [0.29, 0.717) is 31.1 Å². The van der Waals surface area contributed by atoms with Crippen molar-refractivity contribution in [3.8, 4) is 17.2 Å². The summed E-state index contributed by atoms with van der Waals surface area (Å²) in [5.74, 6) is -0.595. The Hall–Kier alpha value is -3.01. The summed E-state index contributed by atoms with van der Waals surface area (Å²) in [6.07, 6.45) is 15.1. The number of hydrogen-bond donors (Lipinski definition) is 3. The molecule has 3 aliphatic carbocycles. The molecule has 1 aromatic carbocycles. The normalized spacial score (nSPS) is 22.1. The van der Waals surface area contributed by atoms with Crippen LogP contribution in [0.5, 0.6) is 17.2 Å². The smallest absolute Gasteiger partial charge is 0.311 e. The predicted octanol–water partition coefficient (Wildman–Crippen LogP) is 8.03. The molecule has 0 aromatic heterocycles. The van der Waals surface area contributed by atoms with Gasteiger partial charge in [-0.25, -0.2) is 0 Å². The maximum atomic E-state index is 13.9. The van der Waals surface area contributed by atoms with Gasteiger partial charge in [0.15, 0.2) is 0 Å². The minimum absolute atomic E-state index is 0.0146. The quantitative estimate of drug-likeness (QED) is 0.0879. The summed E-state index contributed by atoms with van der Waals surface area (Å²) in [7, 11) is 0. The Kier molecular flexibility index (Phi) is 14.9. The van der Waals surface area contributed by atoms with Crippen LogP contribution in [0.4, 0.5) is 0 Å². The van der Waals surface area contributed by atoms with E-state index in [1.165, 1.54) is 5.57 Å². The van der Waals surface area contributed by atoms with Crippen molar-refractivity contribution < 1.29 is 28.6 Å². The van der Waals surface area contributed by atoms with Gasteiger partial charge in [0, 0.05) is 30.0 Å². The fraction of sp³-hybridized carbons (Fsp3) is 0.690. The topological polar surface area (TPSA) is 157 Å². The summed E-state index contributed by atoms with van der Waals surface area (Å²) in [5, 5.41) is 0. The number of hydrogen-bond acceptors (Lipinski definition) is 9. The summed E-state index contributed by atoms with van der Waals surface area (Å²) in [5.41, 5.74) is 20.7. The molecule has 0 saturated heterocycles. The van der Waals surface area contributed by atoms with Crippen molar-refractivity contribution in [1.82, 2.24) is 0 Å². The molecule has 0 radical (unpaired) electrons. The number of rotatable bonds is 16. The Morgan fingerprint density at radius 1 is 0.824 bits per heavy atom. The zero-order valence-electron chi connectivity index (χ0n) is 31.9. The van der Waals surface area contributed by atoms with Crippen LogP contribution in [-0.2, 0) is 14.4 Å². The van der Waals surface area contributed by atoms with Crippen molar-refractivity contribution in [2.24, 2.45) is 45.8 Å². The second kappa shape index (κ2) is 18.7. The number of benzene rings is 1. The van der Waals surface area contributed by atoms with Gasteiger partial charge < -0.3 is 31.4 Å². The Labute approximate surface area is 306 Å². The van der Waals surface area contributed by atoms with Gasteiger partial charge in [-0.15, -0.1) is 0 Å². The zero-order chi connectivity index (χ0) is 37.2. The summed E-state index contributed by atoms with van der Waals surface area (Å²) < 4.78 is 18.6. The summed E-state index contributed by atoms with van der Waals surface area (Å²) >= 11 is 0. The highest BCUT2D eigenvalue weighted by molar-refractivity contribution is 5.78. The second-order valence-corrected chi connectivity index (χ2v) is 16.6. The van der Waals surface area contributed by atoms with Crippen molar-refractivity contribution in [3.63, 3.8) is 0 Å². The molecule has 284 valence electrons. The highest BCUT2D eigenvalue weighted by Gasteiger charge is 2.38. The van der Waals surface area contributed by atoms with E-state index in [2.05, 4.69) is 33.4 Å². The molecule has 51 heavy (non-hydrogen) atoms. The highest BCUT2D eigenvalue weighted by atomic mass is 16.6. The fourth-order valence-corrected chi connectivity index (χ4v) is 8.82. The first kappa shape index (κ1) is 40.8. The van der Waals surface area contributed by atoms with Gasteiger partial charge in [-0.3, -0.25) is 14.4 Å². The van der Waals surface area contributed by atoms with Crippen molar-refractivity contribution in [3.05, 3.63) is 41.5 Å². The summed E-state index contributed by atoms with van der Waals surface area (Å²) in [4.78, 5) is 41.2. The largest absolute Gasteiger partial charge is 0.426 e. The van der Waals surface area contributed by atoms with Crippen molar-refractivity contribution in [2.45, 2.75) is 136 Å². The van der Waals surface area contributed by atoms with Gasteiger partial charge in [0.1, 0.15) is 17.2 Å². The first-order valence-corrected chi connectivity index (χ1v) is 19.5. The van der Waals surface area contributed by atoms with Crippen LogP contribution in [-0.4, -0.2) is 37.5 Å². The lowest BCUT2D eigenvalue weighted by Crippen LogP contribution is -2.36. The van der Waals surface area contributed by atoms with E-state index in [0.717, 1.165) is 89.0 Å². The van der Waals surface area contributed by atoms with Gasteiger partial charge in [0.2, 0.25) is 0 Å². The lowest BCUT2D eigenvalue weighted by atomic mass is 9.72. The Morgan fingerprint density at radius 2 is 1.33 bits per heavy atom. The molecule has 4 rings (SSSR count). The molecule has 2 fully saturated rings. The van der Waals surface area contributed by atoms with Crippen LogP contribution in [0.2, 0.25) is 0 Å². The minimum atomic E-state index is -0.449. The predicted molar refractivity (Wildman–Crippen MR) is 202 cm³/mol. The Morgan fingerprint density at radius 3 is 1.76 bits per heavy atom. The standard InChI is InChI=1S/C42H65N3O6/c1-28(2)18-31(25-43)20-37(46)49-32-21-35(50-38(47)23-41(26-44)14-8-6-9-15-41)40(34-19-30(5)12-13-33(34)29(3)4)36(22-32)51-39(48)24-42(27-45)16-10-7-11-17-42/h19,21-22,28,31,33-34H,3,6-18,20,23-27,43-45H2,1-2,4-5H3/t31-,33-,34+/m0/s1. The zero-order valence-corrected chi connectivity index (χ0v) is 31.9.